The standard InChI is InChI=1S/C26H31Cl2N7.CO2/c1-16-5-4-9-33(14-16)23-8-10-34(15-17(23)2)24-13-30-25-22(12-29)32-35(26(25)31-24)18(3)20-7-6-19(27)11-21(20)28;2-1-3/h6-7,11,13,16-18,23H,4-5,8-10,14-15H2,1-3H3;. The average molecular weight is 556 g/mol. The Morgan fingerprint density at radius 1 is 1.13 bits per heavy atom. The van der Waals surface area contributed by atoms with Gasteiger partial charge in [-0.3, -0.25) is 4.90 Å². The van der Waals surface area contributed by atoms with Crippen molar-refractivity contribution in [3.8, 4) is 6.07 Å². The Kier molecular flexibility index (Phi) is 9.01. The van der Waals surface area contributed by atoms with Gasteiger partial charge in [0.15, 0.2) is 11.3 Å². The molecule has 2 aliphatic heterocycles. The monoisotopic (exact) mass is 555 g/mol. The number of carbonyl (C=O) groups excluding carboxylic acids is 2. The summed E-state index contributed by atoms with van der Waals surface area (Å²) in [6, 6.07) is 7.96. The highest BCUT2D eigenvalue weighted by Crippen LogP contribution is 2.32. The van der Waals surface area contributed by atoms with E-state index in [2.05, 4.69) is 39.8 Å². The number of fused-ring (bicyclic) bond motifs is 1. The molecule has 4 heterocycles. The zero-order chi connectivity index (χ0) is 27.4. The minimum Gasteiger partial charge on any atom is -0.355 e. The first-order valence-corrected chi connectivity index (χ1v) is 13.6. The molecule has 2 fully saturated rings. The number of hydrogen-bond acceptors (Lipinski definition) is 8. The number of rotatable bonds is 4. The van der Waals surface area contributed by atoms with E-state index in [-0.39, 0.29) is 17.9 Å². The van der Waals surface area contributed by atoms with E-state index in [1.165, 1.54) is 25.9 Å². The molecule has 2 aliphatic rings. The number of likely N-dealkylation sites (tertiary alicyclic amines) is 1. The van der Waals surface area contributed by atoms with E-state index in [1.807, 2.05) is 19.1 Å². The normalized spacial score (nSPS) is 22.7. The summed E-state index contributed by atoms with van der Waals surface area (Å²) in [5.74, 6) is 2.15. The van der Waals surface area contributed by atoms with Crippen LogP contribution in [0.15, 0.2) is 24.4 Å². The number of halogens is 2. The summed E-state index contributed by atoms with van der Waals surface area (Å²) < 4.78 is 1.75. The molecule has 0 spiro atoms. The molecule has 1 aromatic carbocycles. The molecule has 2 aromatic heterocycles. The highest BCUT2D eigenvalue weighted by molar-refractivity contribution is 6.35. The quantitative estimate of drug-likeness (QED) is 0.443. The molecule has 0 radical (unpaired) electrons. The molecule has 200 valence electrons. The van der Waals surface area contributed by atoms with Crippen LogP contribution in [0, 0.1) is 23.2 Å². The summed E-state index contributed by atoms with van der Waals surface area (Å²) in [4.78, 5) is 30.9. The first kappa shape index (κ1) is 28.0. The lowest BCUT2D eigenvalue weighted by Crippen LogP contribution is -2.52. The number of aromatic nitrogens is 4. The molecule has 0 saturated carbocycles. The third-order valence-corrected chi connectivity index (χ3v) is 8.18. The summed E-state index contributed by atoms with van der Waals surface area (Å²) in [7, 11) is 0. The summed E-state index contributed by atoms with van der Waals surface area (Å²) in [6.07, 6.45) is 5.80. The molecule has 2 saturated heterocycles. The van der Waals surface area contributed by atoms with Crippen molar-refractivity contribution in [1.82, 2.24) is 24.6 Å². The number of nitrogens with zero attached hydrogens (tertiary/aromatic N) is 7. The van der Waals surface area contributed by atoms with E-state index in [0.717, 1.165) is 36.8 Å². The molecule has 4 atom stereocenters. The molecule has 38 heavy (non-hydrogen) atoms. The first-order valence-electron chi connectivity index (χ1n) is 12.9. The highest BCUT2D eigenvalue weighted by atomic mass is 35.5. The van der Waals surface area contributed by atoms with E-state index >= 15 is 0 Å². The van der Waals surface area contributed by atoms with Gasteiger partial charge in [0.1, 0.15) is 17.4 Å². The van der Waals surface area contributed by atoms with Gasteiger partial charge in [0.05, 0.1) is 12.2 Å². The van der Waals surface area contributed by atoms with E-state index < -0.39 is 0 Å². The van der Waals surface area contributed by atoms with Crippen LogP contribution in [-0.4, -0.2) is 63.0 Å². The molecule has 0 N–H and O–H groups in total. The third-order valence-electron chi connectivity index (χ3n) is 7.62. The Morgan fingerprint density at radius 2 is 1.89 bits per heavy atom. The van der Waals surface area contributed by atoms with Crippen molar-refractivity contribution in [3.05, 3.63) is 45.7 Å². The van der Waals surface area contributed by atoms with Crippen molar-refractivity contribution in [3.63, 3.8) is 0 Å². The van der Waals surface area contributed by atoms with Crippen LogP contribution in [0.4, 0.5) is 5.82 Å². The predicted molar refractivity (Wildman–Crippen MR) is 145 cm³/mol. The van der Waals surface area contributed by atoms with Gasteiger partial charge in [-0.25, -0.2) is 14.6 Å². The summed E-state index contributed by atoms with van der Waals surface area (Å²) in [6.45, 7) is 11.0. The second-order valence-corrected chi connectivity index (χ2v) is 11.1. The zero-order valence-electron chi connectivity index (χ0n) is 21.8. The van der Waals surface area contributed by atoms with Gasteiger partial charge in [-0.2, -0.15) is 19.9 Å². The van der Waals surface area contributed by atoms with Crippen LogP contribution in [0.3, 0.4) is 0 Å². The second kappa shape index (κ2) is 12.2. The fraction of sp³-hybridized carbons (Fsp3) is 0.519. The molecule has 11 heteroatoms. The smallest absolute Gasteiger partial charge is 0.355 e. The molecule has 9 nitrogen and oxygen atoms in total. The van der Waals surface area contributed by atoms with Crippen LogP contribution in [0.25, 0.3) is 11.2 Å². The van der Waals surface area contributed by atoms with E-state index in [9.17, 15) is 5.26 Å². The van der Waals surface area contributed by atoms with Crippen LogP contribution >= 0.6 is 23.2 Å². The number of benzene rings is 1. The van der Waals surface area contributed by atoms with Crippen molar-refractivity contribution < 1.29 is 9.59 Å². The van der Waals surface area contributed by atoms with E-state index in [4.69, 9.17) is 37.8 Å². The molecule has 0 aliphatic carbocycles. The largest absolute Gasteiger partial charge is 0.373 e. The molecular weight excluding hydrogens is 525 g/mol. The highest BCUT2D eigenvalue weighted by Gasteiger charge is 2.33. The van der Waals surface area contributed by atoms with Gasteiger partial charge in [0.2, 0.25) is 0 Å². The van der Waals surface area contributed by atoms with Gasteiger partial charge in [-0.05, 0) is 62.3 Å². The van der Waals surface area contributed by atoms with Gasteiger partial charge in [-0.15, -0.1) is 0 Å². The summed E-state index contributed by atoms with van der Waals surface area (Å²) in [5.41, 5.74) is 2.24. The van der Waals surface area contributed by atoms with Crippen molar-refractivity contribution in [2.45, 2.75) is 52.1 Å². The van der Waals surface area contributed by atoms with Gasteiger partial charge < -0.3 is 4.90 Å². The lowest BCUT2D eigenvalue weighted by molar-refractivity contribution is -0.191. The molecule has 0 bridgehead atoms. The van der Waals surface area contributed by atoms with Crippen molar-refractivity contribution >= 4 is 46.3 Å². The van der Waals surface area contributed by atoms with Gasteiger partial charge >= 0.3 is 6.15 Å². The maximum Gasteiger partial charge on any atom is 0.373 e. The Hall–Kier alpha value is -3.02. The number of piperidine rings is 2. The second-order valence-electron chi connectivity index (χ2n) is 10.3. The van der Waals surface area contributed by atoms with E-state index in [0.29, 0.717) is 33.2 Å². The van der Waals surface area contributed by atoms with Crippen LogP contribution in [0.5, 0.6) is 0 Å². The lowest BCUT2D eigenvalue weighted by Gasteiger charge is -2.45. The van der Waals surface area contributed by atoms with Crippen LogP contribution < -0.4 is 4.90 Å². The number of hydrogen-bond donors (Lipinski definition) is 0. The van der Waals surface area contributed by atoms with Gasteiger partial charge in [0, 0.05) is 35.7 Å². The fourth-order valence-corrected chi connectivity index (χ4v) is 6.35. The van der Waals surface area contributed by atoms with Crippen LogP contribution in [-0.2, 0) is 9.59 Å². The zero-order valence-corrected chi connectivity index (χ0v) is 23.3. The summed E-state index contributed by atoms with van der Waals surface area (Å²) in [5, 5.41) is 15.3. The Morgan fingerprint density at radius 3 is 2.55 bits per heavy atom. The maximum atomic E-state index is 9.66. The van der Waals surface area contributed by atoms with Gasteiger partial charge in [-0.1, -0.05) is 43.1 Å². The van der Waals surface area contributed by atoms with Gasteiger partial charge in [0.25, 0.3) is 0 Å². The molecule has 5 rings (SSSR count). The molecular formula is C27H31Cl2N7O2. The van der Waals surface area contributed by atoms with Crippen LogP contribution in [0.1, 0.15) is 57.3 Å². The van der Waals surface area contributed by atoms with Crippen molar-refractivity contribution in [1.29, 1.82) is 5.26 Å². The fourth-order valence-electron chi connectivity index (χ4n) is 5.78. The Labute approximate surface area is 232 Å². The lowest BCUT2D eigenvalue weighted by atomic mass is 9.89. The van der Waals surface area contributed by atoms with E-state index in [1.54, 1.807) is 16.9 Å². The first-order chi connectivity index (χ1) is 18.3. The van der Waals surface area contributed by atoms with Crippen molar-refractivity contribution in [2.24, 2.45) is 11.8 Å². The molecule has 0 amide bonds. The minimum atomic E-state index is -0.236. The van der Waals surface area contributed by atoms with Crippen molar-refractivity contribution in [2.75, 3.05) is 31.1 Å². The topological polar surface area (TPSA) is 108 Å². The maximum absolute atomic E-state index is 9.66. The molecule has 3 aromatic rings. The minimum absolute atomic E-state index is 0.236. The third kappa shape index (κ3) is 5.84. The average Bonchev–Trinajstić information content (AvgIpc) is 3.27. The Balaban J connectivity index is 0.00000107. The summed E-state index contributed by atoms with van der Waals surface area (Å²) >= 11 is 12.6. The number of nitriles is 1. The predicted octanol–water partition coefficient (Wildman–Crippen LogP) is 4.98. The Bertz CT molecular complexity index is 1370. The number of anilines is 1. The molecule has 4 unspecified atom stereocenters. The SMILES string of the molecule is CC1CCCN(C2CCN(c3cnc4c(C#N)nn(C(C)c5ccc(Cl)cc5Cl)c4n3)CC2C)C1.O=C=O. The van der Waals surface area contributed by atoms with Crippen LogP contribution in [0.2, 0.25) is 10.0 Å².